The Labute approximate surface area is 186 Å². The van der Waals surface area contributed by atoms with Crippen LogP contribution in [0.15, 0.2) is 52.9 Å². The van der Waals surface area contributed by atoms with E-state index < -0.39 is 0 Å². The Morgan fingerprint density at radius 1 is 1.13 bits per heavy atom. The molecule has 1 amide bonds. The highest BCUT2D eigenvalue weighted by Crippen LogP contribution is 2.25. The number of aromatic nitrogens is 1. The minimum Gasteiger partial charge on any atom is -0.420 e. The van der Waals surface area contributed by atoms with E-state index in [1.807, 2.05) is 59.2 Å². The van der Waals surface area contributed by atoms with Gasteiger partial charge in [-0.25, -0.2) is 0 Å². The minimum absolute atomic E-state index is 0.0183. The lowest BCUT2D eigenvalue weighted by Crippen LogP contribution is -2.48. The first-order valence-electron chi connectivity index (χ1n) is 9.99. The zero-order valence-electron chi connectivity index (χ0n) is 17.1. The van der Waals surface area contributed by atoms with Crippen molar-refractivity contribution in [2.24, 2.45) is 0 Å². The SMILES string of the molecule is Cc1cccc(C(=O)N2CCN(c3oc(/C=C/c4ccccc4Cl)nc3C#N)CC2)c1. The van der Waals surface area contributed by atoms with Crippen LogP contribution in [-0.2, 0) is 0 Å². The summed E-state index contributed by atoms with van der Waals surface area (Å²) >= 11 is 6.17. The minimum atomic E-state index is 0.0183. The van der Waals surface area contributed by atoms with E-state index in [1.54, 1.807) is 18.2 Å². The second-order valence-corrected chi connectivity index (χ2v) is 7.73. The first kappa shape index (κ1) is 20.7. The molecule has 31 heavy (non-hydrogen) atoms. The standard InChI is InChI=1S/C24H21ClN4O2/c1-17-5-4-7-19(15-17)23(30)28-11-13-29(14-12-28)24-21(16-26)27-22(31-24)10-9-18-6-2-3-8-20(18)25/h2-10,15H,11-14H2,1H3/b10-9+. The van der Waals surface area contributed by atoms with E-state index in [0.29, 0.717) is 48.5 Å². The molecule has 0 spiro atoms. The molecule has 2 aromatic carbocycles. The van der Waals surface area contributed by atoms with Crippen LogP contribution in [0, 0.1) is 18.3 Å². The molecule has 7 heteroatoms. The van der Waals surface area contributed by atoms with Crippen LogP contribution in [0.1, 0.15) is 33.1 Å². The molecule has 0 radical (unpaired) electrons. The number of rotatable bonds is 4. The zero-order valence-corrected chi connectivity index (χ0v) is 17.8. The smallest absolute Gasteiger partial charge is 0.253 e. The number of carbonyl (C=O) groups is 1. The number of benzene rings is 2. The normalized spacial score (nSPS) is 14.1. The van der Waals surface area contributed by atoms with Crippen LogP contribution in [0.5, 0.6) is 0 Å². The second kappa shape index (κ2) is 9.07. The summed E-state index contributed by atoms with van der Waals surface area (Å²) in [7, 11) is 0. The van der Waals surface area contributed by atoms with Crippen molar-refractivity contribution in [2.45, 2.75) is 6.92 Å². The molecule has 156 valence electrons. The lowest BCUT2D eigenvalue weighted by molar-refractivity contribution is 0.0745. The van der Waals surface area contributed by atoms with Gasteiger partial charge in [0.05, 0.1) is 0 Å². The van der Waals surface area contributed by atoms with Crippen LogP contribution in [0.2, 0.25) is 5.02 Å². The Hall–Kier alpha value is -3.56. The summed E-state index contributed by atoms with van der Waals surface area (Å²) in [6.45, 7) is 4.19. The Balaban J connectivity index is 1.45. The highest BCUT2D eigenvalue weighted by Gasteiger charge is 2.26. The maximum atomic E-state index is 12.8. The summed E-state index contributed by atoms with van der Waals surface area (Å²) in [6.07, 6.45) is 3.50. The molecule has 4 rings (SSSR count). The molecular weight excluding hydrogens is 412 g/mol. The number of anilines is 1. The van der Waals surface area contributed by atoms with E-state index >= 15 is 0 Å². The predicted molar refractivity (Wildman–Crippen MR) is 121 cm³/mol. The molecular formula is C24H21ClN4O2. The highest BCUT2D eigenvalue weighted by atomic mass is 35.5. The first-order chi connectivity index (χ1) is 15.0. The maximum Gasteiger partial charge on any atom is 0.253 e. The number of nitrogens with zero attached hydrogens (tertiary/aromatic N) is 4. The van der Waals surface area contributed by atoms with Crippen molar-refractivity contribution in [2.75, 3.05) is 31.1 Å². The fourth-order valence-corrected chi connectivity index (χ4v) is 3.73. The largest absolute Gasteiger partial charge is 0.420 e. The van der Waals surface area contributed by atoms with Crippen LogP contribution in [-0.4, -0.2) is 42.0 Å². The number of oxazole rings is 1. The third kappa shape index (κ3) is 4.62. The van der Waals surface area contributed by atoms with Crippen LogP contribution in [0.25, 0.3) is 12.2 Å². The van der Waals surface area contributed by atoms with Crippen molar-refractivity contribution < 1.29 is 9.21 Å². The number of amides is 1. The van der Waals surface area contributed by atoms with E-state index in [4.69, 9.17) is 16.0 Å². The number of carbonyl (C=O) groups excluding carboxylic acids is 1. The Kier molecular flexibility index (Phi) is 6.06. The maximum absolute atomic E-state index is 12.8. The van der Waals surface area contributed by atoms with Crippen molar-refractivity contribution in [3.8, 4) is 6.07 Å². The van der Waals surface area contributed by atoms with Gasteiger partial charge >= 0.3 is 0 Å². The molecule has 0 unspecified atom stereocenters. The van der Waals surface area contributed by atoms with Gasteiger partial charge < -0.3 is 14.2 Å². The summed E-state index contributed by atoms with van der Waals surface area (Å²) < 4.78 is 5.86. The van der Waals surface area contributed by atoms with Gasteiger partial charge in [-0.2, -0.15) is 10.2 Å². The molecule has 0 N–H and O–H groups in total. The van der Waals surface area contributed by atoms with E-state index in [9.17, 15) is 10.1 Å². The monoisotopic (exact) mass is 432 g/mol. The van der Waals surface area contributed by atoms with Crippen molar-refractivity contribution in [3.63, 3.8) is 0 Å². The van der Waals surface area contributed by atoms with Crippen molar-refractivity contribution in [1.82, 2.24) is 9.88 Å². The molecule has 1 aliphatic heterocycles. The lowest BCUT2D eigenvalue weighted by Gasteiger charge is -2.34. The van der Waals surface area contributed by atoms with Crippen LogP contribution < -0.4 is 4.90 Å². The average Bonchev–Trinajstić information content (AvgIpc) is 3.21. The number of hydrogen-bond acceptors (Lipinski definition) is 5. The van der Waals surface area contributed by atoms with Crippen molar-refractivity contribution >= 4 is 35.5 Å². The van der Waals surface area contributed by atoms with Crippen LogP contribution in [0.4, 0.5) is 5.88 Å². The zero-order chi connectivity index (χ0) is 21.8. The van der Waals surface area contributed by atoms with E-state index in [0.717, 1.165) is 11.1 Å². The quantitative estimate of drug-likeness (QED) is 0.600. The van der Waals surface area contributed by atoms with Gasteiger partial charge in [0, 0.05) is 42.8 Å². The lowest BCUT2D eigenvalue weighted by atomic mass is 10.1. The van der Waals surface area contributed by atoms with Gasteiger partial charge in [-0.05, 0) is 36.8 Å². The average molecular weight is 433 g/mol. The fraction of sp³-hybridized carbons (Fsp3) is 0.208. The Morgan fingerprint density at radius 3 is 2.61 bits per heavy atom. The molecule has 0 bridgehead atoms. The molecule has 2 heterocycles. The van der Waals surface area contributed by atoms with Gasteiger partial charge in [0.2, 0.25) is 17.5 Å². The van der Waals surface area contributed by atoms with Gasteiger partial charge in [-0.3, -0.25) is 4.79 Å². The fourth-order valence-electron chi connectivity index (χ4n) is 3.53. The molecule has 1 saturated heterocycles. The Morgan fingerprint density at radius 2 is 1.90 bits per heavy atom. The molecule has 6 nitrogen and oxygen atoms in total. The molecule has 0 saturated carbocycles. The number of piperazine rings is 1. The summed E-state index contributed by atoms with van der Waals surface area (Å²) in [5.41, 5.74) is 2.82. The third-order valence-corrected chi connectivity index (χ3v) is 5.51. The summed E-state index contributed by atoms with van der Waals surface area (Å²) in [4.78, 5) is 20.8. The molecule has 1 aromatic heterocycles. The van der Waals surface area contributed by atoms with Gasteiger partial charge in [0.15, 0.2) is 0 Å². The molecule has 3 aromatic rings. The summed E-state index contributed by atoms with van der Waals surface area (Å²) in [5.74, 6) is 0.790. The van der Waals surface area contributed by atoms with Gasteiger partial charge in [-0.1, -0.05) is 47.5 Å². The number of hydrogen-bond donors (Lipinski definition) is 0. The van der Waals surface area contributed by atoms with Gasteiger partial charge in [-0.15, -0.1) is 0 Å². The number of halogens is 1. The van der Waals surface area contributed by atoms with Crippen molar-refractivity contribution in [3.05, 3.63) is 81.8 Å². The van der Waals surface area contributed by atoms with E-state index in [1.165, 1.54) is 0 Å². The van der Waals surface area contributed by atoms with Gasteiger partial charge in [0.1, 0.15) is 6.07 Å². The topological polar surface area (TPSA) is 73.4 Å². The third-order valence-electron chi connectivity index (χ3n) is 5.16. The Bertz CT molecular complexity index is 1170. The predicted octanol–water partition coefficient (Wildman–Crippen LogP) is 4.64. The molecule has 0 atom stereocenters. The highest BCUT2D eigenvalue weighted by molar-refractivity contribution is 6.32. The van der Waals surface area contributed by atoms with Crippen LogP contribution >= 0.6 is 11.6 Å². The van der Waals surface area contributed by atoms with Gasteiger partial charge in [0.25, 0.3) is 5.91 Å². The number of nitriles is 1. The summed E-state index contributed by atoms with van der Waals surface area (Å²) in [6, 6.07) is 17.2. The molecule has 1 aliphatic rings. The molecule has 0 aliphatic carbocycles. The molecule has 1 fully saturated rings. The summed E-state index contributed by atoms with van der Waals surface area (Å²) in [5, 5.41) is 10.1. The first-order valence-corrected chi connectivity index (χ1v) is 10.4. The second-order valence-electron chi connectivity index (χ2n) is 7.32. The number of aryl methyl sites for hydroxylation is 1. The van der Waals surface area contributed by atoms with Crippen molar-refractivity contribution in [1.29, 1.82) is 5.26 Å². The van der Waals surface area contributed by atoms with Crippen LogP contribution in [0.3, 0.4) is 0 Å². The van der Waals surface area contributed by atoms with E-state index in [2.05, 4.69) is 11.1 Å². The van der Waals surface area contributed by atoms with E-state index in [-0.39, 0.29) is 11.6 Å².